The number of rotatable bonds is 6. The predicted octanol–water partition coefficient (Wildman–Crippen LogP) is 4.87. The summed E-state index contributed by atoms with van der Waals surface area (Å²) in [5, 5.41) is 0. The Morgan fingerprint density at radius 2 is 1.64 bits per heavy atom. The number of likely N-dealkylation sites (N-methyl/N-ethyl adjacent to an activating group) is 1. The lowest BCUT2D eigenvalue weighted by molar-refractivity contribution is -0.138. The van der Waals surface area contributed by atoms with Crippen LogP contribution in [0.5, 0.6) is 0 Å². The SMILES string of the molecule is CCN1CC(c2nc3ccccc3n2CC(=O)N(C2CCCCC2)C2CCCCC2)CC1=O. The normalized spacial score (nSPS) is 22.9. The lowest BCUT2D eigenvalue weighted by atomic mass is 9.88. The topological polar surface area (TPSA) is 58.4 Å². The molecule has 1 saturated heterocycles. The molecule has 6 nitrogen and oxygen atoms in total. The van der Waals surface area contributed by atoms with Gasteiger partial charge in [0, 0.05) is 37.5 Å². The van der Waals surface area contributed by atoms with Crippen LogP contribution in [-0.4, -0.2) is 56.3 Å². The molecule has 1 aromatic heterocycles. The van der Waals surface area contributed by atoms with Crippen molar-refractivity contribution in [2.75, 3.05) is 13.1 Å². The number of amides is 2. The highest BCUT2D eigenvalue weighted by atomic mass is 16.2. The summed E-state index contributed by atoms with van der Waals surface area (Å²) in [6.45, 7) is 3.78. The number of para-hydroxylation sites is 2. The number of aromatic nitrogens is 2. The van der Waals surface area contributed by atoms with Crippen molar-refractivity contribution in [3.63, 3.8) is 0 Å². The molecular weight excluding hydrogens is 412 g/mol. The number of carbonyl (C=O) groups is 2. The number of nitrogens with zero attached hydrogens (tertiary/aromatic N) is 4. The maximum Gasteiger partial charge on any atom is 0.243 e. The van der Waals surface area contributed by atoms with Crippen LogP contribution in [0.4, 0.5) is 0 Å². The fraction of sp³-hybridized carbons (Fsp3) is 0.667. The minimum absolute atomic E-state index is 0.0514. The number of fused-ring (bicyclic) bond motifs is 1. The summed E-state index contributed by atoms with van der Waals surface area (Å²) in [5.74, 6) is 1.39. The Morgan fingerprint density at radius 3 is 2.24 bits per heavy atom. The molecule has 1 aromatic carbocycles. The Bertz CT molecular complexity index is 969. The summed E-state index contributed by atoms with van der Waals surface area (Å²) in [6, 6.07) is 8.88. The third-order valence-corrected chi connectivity index (χ3v) is 8.16. The Morgan fingerprint density at radius 1 is 1.00 bits per heavy atom. The number of benzene rings is 1. The van der Waals surface area contributed by atoms with Gasteiger partial charge in [-0.3, -0.25) is 9.59 Å². The largest absolute Gasteiger partial charge is 0.342 e. The van der Waals surface area contributed by atoms with E-state index in [1.165, 1.54) is 38.5 Å². The second-order valence-corrected chi connectivity index (χ2v) is 10.3. The Hall–Kier alpha value is -2.37. The first-order valence-electron chi connectivity index (χ1n) is 13.2. The van der Waals surface area contributed by atoms with E-state index in [2.05, 4.69) is 15.5 Å². The van der Waals surface area contributed by atoms with Gasteiger partial charge in [-0.1, -0.05) is 50.7 Å². The quantitative estimate of drug-likeness (QED) is 0.631. The molecule has 3 aliphatic rings. The van der Waals surface area contributed by atoms with E-state index < -0.39 is 0 Å². The summed E-state index contributed by atoms with van der Waals surface area (Å²) in [6.07, 6.45) is 12.6. The fourth-order valence-electron chi connectivity index (χ4n) is 6.46. The first kappa shape index (κ1) is 22.4. The molecule has 2 aliphatic carbocycles. The van der Waals surface area contributed by atoms with Gasteiger partial charge in [0.1, 0.15) is 12.4 Å². The number of hydrogen-bond donors (Lipinski definition) is 0. The van der Waals surface area contributed by atoms with Gasteiger partial charge in [0.15, 0.2) is 0 Å². The first-order valence-corrected chi connectivity index (χ1v) is 13.2. The molecule has 1 atom stereocenters. The van der Waals surface area contributed by atoms with Crippen LogP contribution in [0.2, 0.25) is 0 Å². The maximum atomic E-state index is 14.0. The molecule has 0 spiro atoms. The van der Waals surface area contributed by atoms with Crippen LogP contribution in [-0.2, 0) is 16.1 Å². The van der Waals surface area contributed by atoms with Crippen LogP contribution < -0.4 is 0 Å². The number of imidazole rings is 1. The molecule has 5 rings (SSSR count). The van der Waals surface area contributed by atoms with Gasteiger partial charge in [-0.2, -0.15) is 0 Å². The Kier molecular flexibility index (Phi) is 6.70. The van der Waals surface area contributed by atoms with E-state index in [0.29, 0.717) is 31.6 Å². The second-order valence-electron chi connectivity index (χ2n) is 10.3. The molecule has 2 amide bonds. The van der Waals surface area contributed by atoms with E-state index >= 15 is 0 Å². The van der Waals surface area contributed by atoms with Crippen molar-refractivity contribution >= 4 is 22.8 Å². The molecule has 3 fully saturated rings. The van der Waals surface area contributed by atoms with E-state index in [9.17, 15) is 9.59 Å². The third kappa shape index (κ3) is 4.53. The summed E-state index contributed by atoms with van der Waals surface area (Å²) in [5.41, 5.74) is 1.93. The number of likely N-dealkylation sites (tertiary alicyclic amines) is 1. The molecule has 6 heteroatoms. The molecule has 0 N–H and O–H groups in total. The molecule has 2 saturated carbocycles. The van der Waals surface area contributed by atoms with Gasteiger partial charge in [0.05, 0.1) is 11.0 Å². The second kappa shape index (κ2) is 9.86. The zero-order valence-corrected chi connectivity index (χ0v) is 20.0. The van der Waals surface area contributed by atoms with Crippen molar-refractivity contribution in [1.29, 1.82) is 0 Å². The van der Waals surface area contributed by atoms with Crippen LogP contribution >= 0.6 is 0 Å². The van der Waals surface area contributed by atoms with Crippen molar-refractivity contribution in [2.45, 2.75) is 102 Å². The summed E-state index contributed by atoms with van der Waals surface area (Å²) in [4.78, 5) is 35.6. The van der Waals surface area contributed by atoms with Gasteiger partial charge in [-0.05, 0) is 44.7 Å². The van der Waals surface area contributed by atoms with Gasteiger partial charge in [-0.15, -0.1) is 0 Å². The lowest BCUT2D eigenvalue weighted by Crippen LogP contribution is -2.50. The van der Waals surface area contributed by atoms with Crippen molar-refractivity contribution in [2.24, 2.45) is 0 Å². The van der Waals surface area contributed by atoms with E-state index in [0.717, 1.165) is 49.1 Å². The minimum Gasteiger partial charge on any atom is -0.342 e. The van der Waals surface area contributed by atoms with Gasteiger partial charge < -0.3 is 14.4 Å². The molecule has 0 radical (unpaired) electrons. The van der Waals surface area contributed by atoms with Gasteiger partial charge in [-0.25, -0.2) is 4.98 Å². The zero-order chi connectivity index (χ0) is 22.8. The number of carbonyl (C=O) groups excluding carboxylic acids is 2. The van der Waals surface area contributed by atoms with Crippen molar-refractivity contribution < 1.29 is 9.59 Å². The zero-order valence-electron chi connectivity index (χ0n) is 20.0. The first-order chi connectivity index (χ1) is 16.2. The van der Waals surface area contributed by atoms with Crippen molar-refractivity contribution in [3.8, 4) is 0 Å². The average Bonchev–Trinajstić information content (AvgIpc) is 3.41. The van der Waals surface area contributed by atoms with E-state index in [1.54, 1.807) is 0 Å². The van der Waals surface area contributed by atoms with Gasteiger partial charge in [0.2, 0.25) is 11.8 Å². The highest BCUT2D eigenvalue weighted by molar-refractivity contribution is 5.83. The van der Waals surface area contributed by atoms with E-state index in [-0.39, 0.29) is 17.7 Å². The van der Waals surface area contributed by atoms with Crippen molar-refractivity contribution in [1.82, 2.24) is 19.4 Å². The van der Waals surface area contributed by atoms with Crippen LogP contribution in [0.1, 0.15) is 89.3 Å². The maximum absolute atomic E-state index is 14.0. The molecule has 1 unspecified atom stereocenters. The van der Waals surface area contributed by atoms with Crippen LogP contribution in [0.3, 0.4) is 0 Å². The van der Waals surface area contributed by atoms with Crippen LogP contribution in [0.15, 0.2) is 24.3 Å². The molecule has 2 aromatic rings. The Labute approximate surface area is 197 Å². The summed E-state index contributed by atoms with van der Waals surface area (Å²) in [7, 11) is 0. The molecule has 33 heavy (non-hydrogen) atoms. The van der Waals surface area contributed by atoms with E-state index in [4.69, 9.17) is 4.98 Å². The third-order valence-electron chi connectivity index (χ3n) is 8.16. The minimum atomic E-state index is 0.0514. The van der Waals surface area contributed by atoms with Crippen LogP contribution in [0, 0.1) is 0 Å². The van der Waals surface area contributed by atoms with E-state index in [1.807, 2.05) is 30.0 Å². The van der Waals surface area contributed by atoms with Gasteiger partial charge in [0.25, 0.3) is 0 Å². The smallest absolute Gasteiger partial charge is 0.243 e. The number of hydrogen-bond acceptors (Lipinski definition) is 3. The monoisotopic (exact) mass is 450 g/mol. The lowest BCUT2D eigenvalue weighted by Gasteiger charge is -2.42. The summed E-state index contributed by atoms with van der Waals surface area (Å²) < 4.78 is 2.13. The highest BCUT2D eigenvalue weighted by Gasteiger charge is 2.36. The molecule has 178 valence electrons. The molecule has 0 bridgehead atoms. The fourth-order valence-corrected chi connectivity index (χ4v) is 6.46. The average molecular weight is 451 g/mol. The highest BCUT2D eigenvalue weighted by Crippen LogP contribution is 2.33. The Balaban J connectivity index is 1.46. The van der Waals surface area contributed by atoms with Crippen molar-refractivity contribution in [3.05, 3.63) is 30.1 Å². The molecule has 1 aliphatic heterocycles. The standard InChI is InChI=1S/C27H38N4O2/c1-2-29-18-20(17-25(29)32)27-28-23-15-9-10-16-24(23)30(27)19-26(33)31(21-11-5-3-6-12-21)22-13-7-4-8-14-22/h9-10,15-16,20-22H,2-8,11-14,17-19H2,1H3. The molecular formula is C27H38N4O2. The molecule has 2 heterocycles. The van der Waals surface area contributed by atoms with Gasteiger partial charge >= 0.3 is 0 Å². The van der Waals surface area contributed by atoms with Crippen LogP contribution in [0.25, 0.3) is 11.0 Å². The predicted molar refractivity (Wildman–Crippen MR) is 130 cm³/mol. The summed E-state index contributed by atoms with van der Waals surface area (Å²) >= 11 is 0.